The van der Waals surface area contributed by atoms with Gasteiger partial charge in [-0.15, -0.1) is 0 Å². The van der Waals surface area contributed by atoms with Crippen molar-refractivity contribution < 1.29 is 0 Å². The minimum absolute atomic E-state index is 0.790. The van der Waals surface area contributed by atoms with Crippen LogP contribution >= 0.6 is 11.6 Å². The summed E-state index contributed by atoms with van der Waals surface area (Å²) in [5, 5.41) is 9.62. The van der Waals surface area contributed by atoms with Gasteiger partial charge in [0, 0.05) is 48.8 Å². The average molecular weight is 327 g/mol. The van der Waals surface area contributed by atoms with Gasteiger partial charge in [0.2, 0.25) is 0 Å². The number of hydrogen-bond donors (Lipinski definition) is 1. The average Bonchev–Trinajstić information content (AvgIpc) is 3.00. The van der Waals surface area contributed by atoms with Gasteiger partial charge < -0.3 is 4.90 Å². The Morgan fingerprint density at radius 1 is 0.957 bits per heavy atom. The van der Waals surface area contributed by atoms with Crippen LogP contribution in [0.15, 0.2) is 48.5 Å². The summed E-state index contributed by atoms with van der Waals surface area (Å²) in [5.74, 6) is 0. The fourth-order valence-corrected chi connectivity index (χ4v) is 3.29. The molecule has 2 heterocycles. The molecule has 0 radical (unpaired) electrons. The molecule has 1 N–H and O–H groups in total. The maximum absolute atomic E-state index is 5.96. The zero-order valence-corrected chi connectivity index (χ0v) is 13.6. The number of hydrogen-bond acceptors (Lipinski definition) is 3. The number of rotatable bonds is 3. The molecule has 0 bridgehead atoms. The van der Waals surface area contributed by atoms with Crippen molar-refractivity contribution in [1.82, 2.24) is 15.1 Å². The van der Waals surface area contributed by atoms with Crippen LogP contribution in [0.1, 0.15) is 5.69 Å². The van der Waals surface area contributed by atoms with Crippen LogP contribution in [0, 0.1) is 0 Å². The third-order valence-corrected chi connectivity index (χ3v) is 4.74. The molecule has 4 rings (SSSR count). The number of H-pyrrole nitrogens is 1. The Kier molecular flexibility index (Phi) is 3.93. The Morgan fingerprint density at radius 3 is 2.48 bits per heavy atom. The Morgan fingerprint density at radius 2 is 1.70 bits per heavy atom. The Labute approximate surface area is 140 Å². The predicted octanol–water partition coefficient (Wildman–Crippen LogP) is 3.54. The van der Waals surface area contributed by atoms with E-state index in [4.69, 9.17) is 11.6 Å². The summed E-state index contributed by atoms with van der Waals surface area (Å²) in [5.41, 5.74) is 3.50. The smallest absolute Gasteiger partial charge is 0.0840 e. The second-order valence-corrected chi connectivity index (χ2v) is 6.39. The highest BCUT2D eigenvalue weighted by atomic mass is 35.5. The molecule has 4 nitrogen and oxygen atoms in total. The molecule has 0 aliphatic carbocycles. The maximum Gasteiger partial charge on any atom is 0.0840 e. The van der Waals surface area contributed by atoms with E-state index in [1.807, 2.05) is 18.2 Å². The van der Waals surface area contributed by atoms with E-state index in [1.54, 1.807) is 0 Å². The van der Waals surface area contributed by atoms with Crippen LogP contribution in [-0.4, -0.2) is 41.3 Å². The van der Waals surface area contributed by atoms with Gasteiger partial charge in [0.15, 0.2) is 0 Å². The number of benzene rings is 2. The summed E-state index contributed by atoms with van der Waals surface area (Å²) in [6, 6.07) is 16.4. The van der Waals surface area contributed by atoms with E-state index in [9.17, 15) is 0 Å². The zero-order valence-electron chi connectivity index (χ0n) is 12.9. The van der Waals surface area contributed by atoms with Crippen LogP contribution in [0.25, 0.3) is 10.9 Å². The number of fused-ring (bicyclic) bond motifs is 1. The lowest BCUT2D eigenvalue weighted by atomic mass is 10.2. The van der Waals surface area contributed by atoms with Gasteiger partial charge in [0.05, 0.1) is 11.2 Å². The lowest BCUT2D eigenvalue weighted by Gasteiger charge is -2.35. The second-order valence-electron chi connectivity index (χ2n) is 5.96. The lowest BCUT2D eigenvalue weighted by Crippen LogP contribution is -2.46. The van der Waals surface area contributed by atoms with Crippen LogP contribution < -0.4 is 4.90 Å². The molecule has 2 aromatic carbocycles. The molecule has 0 amide bonds. The van der Waals surface area contributed by atoms with Gasteiger partial charge in [-0.25, -0.2) is 0 Å². The maximum atomic E-state index is 5.96. The van der Waals surface area contributed by atoms with E-state index < -0.39 is 0 Å². The van der Waals surface area contributed by atoms with Gasteiger partial charge in [-0.1, -0.05) is 29.8 Å². The molecule has 0 atom stereocenters. The standard InChI is InChI=1S/C18H19ClN4/c19-14-5-7-15(8-6-14)23-11-9-22(10-12-23)13-18-16-3-1-2-4-17(16)20-21-18/h1-8H,9-13H2,(H,20,21). The topological polar surface area (TPSA) is 35.2 Å². The van der Waals surface area contributed by atoms with Crippen molar-refractivity contribution in [2.45, 2.75) is 6.54 Å². The van der Waals surface area contributed by atoms with Crippen molar-refractivity contribution in [3.63, 3.8) is 0 Å². The summed E-state index contributed by atoms with van der Waals surface area (Å²) in [4.78, 5) is 4.88. The summed E-state index contributed by atoms with van der Waals surface area (Å²) in [6.07, 6.45) is 0. The van der Waals surface area contributed by atoms with Crippen LogP contribution in [0.3, 0.4) is 0 Å². The molecule has 1 aromatic heterocycles. The van der Waals surface area contributed by atoms with E-state index >= 15 is 0 Å². The SMILES string of the molecule is Clc1ccc(N2CCN(Cc3n[nH]c4ccccc34)CC2)cc1. The third kappa shape index (κ3) is 3.05. The fraction of sp³-hybridized carbons (Fsp3) is 0.278. The first-order chi connectivity index (χ1) is 11.3. The minimum Gasteiger partial charge on any atom is -0.369 e. The largest absolute Gasteiger partial charge is 0.369 e. The number of nitrogens with one attached hydrogen (secondary N) is 1. The lowest BCUT2D eigenvalue weighted by molar-refractivity contribution is 0.248. The van der Waals surface area contributed by atoms with Crippen molar-refractivity contribution in [2.75, 3.05) is 31.1 Å². The molecule has 1 fully saturated rings. The number of piperazine rings is 1. The third-order valence-electron chi connectivity index (χ3n) is 4.49. The molecular formula is C18H19ClN4. The summed E-state index contributed by atoms with van der Waals surface area (Å²) >= 11 is 5.96. The minimum atomic E-state index is 0.790. The van der Waals surface area contributed by atoms with Crippen molar-refractivity contribution >= 4 is 28.2 Å². The van der Waals surface area contributed by atoms with Crippen LogP contribution in [-0.2, 0) is 6.54 Å². The quantitative estimate of drug-likeness (QED) is 0.799. The fourth-order valence-electron chi connectivity index (χ4n) is 3.17. The van der Waals surface area contributed by atoms with Crippen LogP contribution in [0.4, 0.5) is 5.69 Å². The molecule has 0 unspecified atom stereocenters. The summed E-state index contributed by atoms with van der Waals surface area (Å²) < 4.78 is 0. The van der Waals surface area contributed by atoms with Crippen LogP contribution in [0.2, 0.25) is 5.02 Å². The molecule has 5 heteroatoms. The highest BCUT2D eigenvalue weighted by Crippen LogP contribution is 2.21. The van der Waals surface area contributed by atoms with E-state index in [1.165, 1.54) is 11.1 Å². The number of aromatic nitrogens is 2. The first-order valence-corrected chi connectivity index (χ1v) is 8.32. The van der Waals surface area contributed by atoms with Crippen molar-refractivity contribution in [2.24, 2.45) is 0 Å². The number of anilines is 1. The molecule has 1 aliphatic rings. The highest BCUT2D eigenvalue weighted by Gasteiger charge is 2.18. The Hall–Kier alpha value is -2.04. The molecule has 118 valence electrons. The van der Waals surface area contributed by atoms with Gasteiger partial charge in [0.1, 0.15) is 0 Å². The Bertz CT molecular complexity index is 788. The first-order valence-electron chi connectivity index (χ1n) is 7.94. The number of para-hydroxylation sites is 1. The van der Waals surface area contributed by atoms with Crippen molar-refractivity contribution in [1.29, 1.82) is 0 Å². The highest BCUT2D eigenvalue weighted by molar-refractivity contribution is 6.30. The van der Waals surface area contributed by atoms with Gasteiger partial charge in [-0.05, 0) is 30.3 Å². The second kappa shape index (κ2) is 6.22. The normalized spacial score (nSPS) is 16.1. The molecule has 3 aromatic rings. The monoisotopic (exact) mass is 326 g/mol. The number of halogens is 1. The van der Waals surface area contributed by atoms with Gasteiger partial charge in [-0.3, -0.25) is 10.00 Å². The summed E-state index contributed by atoms with van der Waals surface area (Å²) in [7, 11) is 0. The Balaban J connectivity index is 1.41. The first kappa shape index (κ1) is 14.5. The molecule has 0 spiro atoms. The van der Waals surface area contributed by atoms with Gasteiger partial charge in [0.25, 0.3) is 0 Å². The zero-order chi connectivity index (χ0) is 15.6. The van der Waals surface area contributed by atoms with Crippen LogP contribution in [0.5, 0.6) is 0 Å². The van der Waals surface area contributed by atoms with Crippen molar-refractivity contribution in [3.05, 3.63) is 59.2 Å². The van der Waals surface area contributed by atoms with Gasteiger partial charge >= 0.3 is 0 Å². The molecule has 0 saturated carbocycles. The molecular weight excluding hydrogens is 308 g/mol. The predicted molar refractivity (Wildman–Crippen MR) is 95.0 cm³/mol. The molecule has 23 heavy (non-hydrogen) atoms. The van der Waals surface area contributed by atoms with E-state index in [-0.39, 0.29) is 0 Å². The van der Waals surface area contributed by atoms with E-state index in [0.29, 0.717) is 0 Å². The van der Waals surface area contributed by atoms with E-state index in [2.05, 4.69) is 50.3 Å². The van der Waals surface area contributed by atoms with Crippen molar-refractivity contribution in [3.8, 4) is 0 Å². The molecule has 1 saturated heterocycles. The van der Waals surface area contributed by atoms with Gasteiger partial charge in [-0.2, -0.15) is 5.10 Å². The number of aromatic amines is 1. The summed E-state index contributed by atoms with van der Waals surface area (Å²) in [6.45, 7) is 5.06. The number of nitrogens with zero attached hydrogens (tertiary/aromatic N) is 3. The van der Waals surface area contributed by atoms with E-state index in [0.717, 1.165) is 49.0 Å². The molecule has 1 aliphatic heterocycles.